The van der Waals surface area contributed by atoms with Crippen LogP contribution in [-0.2, 0) is 16.0 Å². The van der Waals surface area contributed by atoms with E-state index in [-0.39, 0.29) is 24.8 Å². The summed E-state index contributed by atoms with van der Waals surface area (Å²) in [5.74, 6) is 0.271. The van der Waals surface area contributed by atoms with Crippen LogP contribution in [0.3, 0.4) is 0 Å². The van der Waals surface area contributed by atoms with Gasteiger partial charge in [-0.05, 0) is 37.5 Å². The molecule has 0 bridgehead atoms. The molecule has 6 nitrogen and oxygen atoms in total. The first-order valence-corrected chi connectivity index (χ1v) is 12.8. The molecule has 0 spiro atoms. The zero-order valence-electron chi connectivity index (χ0n) is 21.8. The lowest BCUT2D eigenvalue weighted by Crippen LogP contribution is -2.39. The van der Waals surface area contributed by atoms with Crippen LogP contribution in [0.25, 0.3) is 16.9 Å². The van der Waals surface area contributed by atoms with E-state index >= 15 is 0 Å². The van der Waals surface area contributed by atoms with Crippen molar-refractivity contribution < 1.29 is 9.59 Å². The summed E-state index contributed by atoms with van der Waals surface area (Å²) in [6, 6.07) is 27.6. The minimum Gasteiger partial charge on any atom is -0.333 e. The maximum absolute atomic E-state index is 13.3. The van der Waals surface area contributed by atoms with E-state index in [1.54, 1.807) is 9.58 Å². The van der Waals surface area contributed by atoms with Gasteiger partial charge in [0.15, 0.2) is 0 Å². The summed E-state index contributed by atoms with van der Waals surface area (Å²) in [5.41, 5.74) is 5.77. The van der Waals surface area contributed by atoms with Crippen molar-refractivity contribution in [3.8, 4) is 16.9 Å². The molecule has 3 aromatic carbocycles. The molecule has 0 radical (unpaired) electrons. The largest absolute Gasteiger partial charge is 0.333 e. The van der Waals surface area contributed by atoms with Crippen molar-refractivity contribution >= 4 is 17.6 Å². The molecule has 0 aliphatic carbocycles. The maximum Gasteiger partial charge on any atom is 0.245 e. The van der Waals surface area contributed by atoms with Crippen molar-refractivity contribution in [3.05, 3.63) is 102 Å². The molecule has 4 aromatic rings. The number of hydrogen-bond acceptors (Lipinski definition) is 3. The van der Waals surface area contributed by atoms with Gasteiger partial charge in [0.05, 0.1) is 24.3 Å². The molecule has 1 aromatic heterocycles. The number of anilines is 1. The number of rotatable bonds is 10. The Morgan fingerprint density at radius 1 is 0.919 bits per heavy atom. The van der Waals surface area contributed by atoms with E-state index < -0.39 is 0 Å². The van der Waals surface area contributed by atoms with E-state index in [0.29, 0.717) is 12.4 Å². The van der Waals surface area contributed by atoms with Crippen molar-refractivity contribution in [1.82, 2.24) is 14.7 Å². The van der Waals surface area contributed by atoms with E-state index in [1.807, 2.05) is 85.8 Å². The van der Waals surface area contributed by atoms with Crippen LogP contribution in [0, 0.1) is 13.8 Å². The fourth-order valence-corrected chi connectivity index (χ4v) is 4.33. The van der Waals surface area contributed by atoms with Crippen LogP contribution >= 0.6 is 0 Å². The highest BCUT2D eigenvalue weighted by atomic mass is 16.2. The molecule has 0 saturated carbocycles. The molecule has 6 heteroatoms. The fraction of sp³-hybridized carbons (Fsp3) is 0.258. The Balaban J connectivity index is 1.58. The Bertz CT molecular complexity index is 1350. The van der Waals surface area contributed by atoms with Gasteiger partial charge >= 0.3 is 0 Å². The van der Waals surface area contributed by atoms with Crippen molar-refractivity contribution in [2.75, 3.05) is 18.4 Å². The van der Waals surface area contributed by atoms with Crippen molar-refractivity contribution in [1.29, 1.82) is 0 Å². The standard InChI is InChI=1S/C31H34N4O2/c1-4-5-18-34(31(37)20-25-12-8-6-9-13-25)22-30(36)32-29-21-27(26-14-10-7-11-15-26)33-35(29)28-17-16-23(2)19-24(28)3/h6-17,19,21H,4-5,18,20,22H2,1-3H3,(H,32,36). The third kappa shape index (κ3) is 6.73. The molecule has 0 aliphatic rings. The molecule has 1 N–H and O–H groups in total. The molecule has 0 unspecified atom stereocenters. The first kappa shape index (κ1) is 25.9. The third-order valence-corrected chi connectivity index (χ3v) is 6.29. The van der Waals surface area contributed by atoms with Crippen molar-refractivity contribution in [2.24, 2.45) is 0 Å². The van der Waals surface area contributed by atoms with Crippen LogP contribution in [0.15, 0.2) is 84.9 Å². The lowest BCUT2D eigenvalue weighted by atomic mass is 10.1. The van der Waals surface area contributed by atoms with E-state index in [1.165, 1.54) is 0 Å². The zero-order chi connectivity index (χ0) is 26.2. The van der Waals surface area contributed by atoms with Crippen LogP contribution in [0.4, 0.5) is 5.82 Å². The van der Waals surface area contributed by atoms with Gasteiger partial charge < -0.3 is 10.2 Å². The van der Waals surface area contributed by atoms with Gasteiger partial charge in [-0.15, -0.1) is 0 Å². The highest BCUT2D eigenvalue weighted by Gasteiger charge is 2.20. The lowest BCUT2D eigenvalue weighted by Gasteiger charge is -2.22. The number of aromatic nitrogens is 2. The minimum atomic E-state index is -0.247. The van der Waals surface area contributed by atoms with Crippen LogP contribution in [-0.4, -0.2) is 39.6 Å². The highest BCUT2D eigenvalue weighted by Crippen LogP contribution is 2.26. The zero-order valence-corrected chi connectivity index (χ0v) is 21.8. The Morgan fingerprint density at radius 2 is 1.62 bits per heavy atom. The second-order valence-corrected chi connectivity index (χ2v) is 9.36. The number of carbonyl (C=O) groups excluding carboxylic acids is 2. The summed E-state index contributed by atoms with van der Waals surface area (Å²) in [6.07, 6.45) is 2.06. The molecule has 190 valence electrons. The van der Waals surface area contributed by atoms with Gasteiger partial charge in [0, 0.05) is 18.2 Å². The number of aryl methyl sites for hydroxylation is 2. The number of hydrogen-bond donors (Lipinski definition) is 1. The molecule has 37 heavy (non-hydrogen) atoms. The fourth-order valence-electron chi connectivity index (χ4n) is 4.33. The van der Waals surface area contributed by atoms with Gasteiger partial charge in [0.2, 0.25) is 11.8 Å². The second-order valence-electron chi connectivity index (χ2n) is 9.36. The lowest BCUT2D eigenvalue weighted by molar-refractivity contribution is -0.134. The summed E-state index contributed by atoms with van der Waals surface area (Å²) in [4.78, 5) is 28.0. The molecule has 0 fully saturated rings. The number of amides is 2. The van der Waals surface area contributed by atoms with Gasteiger partial charge in [-0.2, -0.15) is 5.10 Å². The maximum atomic E-state index is 13.3. The number of nitrogens with zero attached hydrogens (tertiary/aromatic N) is 3. The summed E-state index contributed by atoms with van der Waals surface area (Å²) in [6.45, 7) is 6.70. The van der Waals surface area contributed by atoms with Crippen LogP contribution in [0.5, 0.6) is 0 Å². The SMILES string of the molecule is CCCCN(CC(=O)Nc1cc(-c2ccccc2)nn1-c1ccc(C)cc1C)C(=O)Cc1ccccc1. The molecule has 0 aliphatic heterocycles. The monoisotopic (exact) mass is 494 g/mol. The van der Waals surface area contributed by atoms with Gasteiger partial charge in [0.1, 0.15) is 5.82 Å². The summed E-state index contributed by atoms with van der Waals surface area (Å²) in [7, 11) is 0. The quantitative estimate of drug-likeness (QED) is 0.296. The van der Waals surface area contributed by atoms with Gasteiger partial charge in [-0.25, -0.2) is 4.68 Å². The highest BCUT2D eigenvalue weighted by molar-refractivity contribution is 5.95. The van der Waals surface area contributed by atoms with E-state index in [9.17, 15) is 9.59 Å². The molecular formula is C31H34N4O2. The molecule has 1 heterocycles. The van der Waals surface area contributed by atoms with Gasteiger partial charge in [-0.1, -0.05) is 91.7 Å². The van der Waals surface area contributed by atoms with E-state index in [0.717, 1.165) is 46.5 Å². The van der Waals surface area contributed by atoms with Crippen LogP contribution < -0.4 is 5.32 Å². The average molecular weight is 495 g/mol. The van der Waals surface area contributed by atoms with Crippen molar-refractivity contribution in [2.45, 2.75) is 40.0 Å². The Labute approximate surface area is 218 Å². The van der Waals surface area contributed by atoms with E-state index in [4.69, 9.17) is 5.10 Å². The van der Waals surface area contributed by atoms with Gasteiger partial charge in [0.25, 0.3) is 0 Å². The third-order valence-electron chi connectivity index (χ3n) is 6.29. The summed E-state index contributed by atoms with van der Waals surface area (Å²) >= 11 is 0. The molecule has 2 amide bonds. The van der Waals surface area contributed by atoms with Gasteiger partial charge in [-0.3, -0.25) is 9.59 Å². The minimum absolute atomic E-state index is 0.00953. The molecular weight excluding hydrogens is 460 g/mol. The van der Waals surface area contributed by atoms with Crippen LogP contribution in [0.1, 0.15) is 36.5 Å². The smallest absolute Gasteiger partial charge is 0.245 e. The topological polar surface area (TPSA) is 67.2 Å². The molecule has 0 atom stereocenters. The predicted molar refractivity (Wildman–Crippen MR) is 149 cm³/mol. The molecule has 0 saturated heterocycles. The Kier molecular flexibility index (Phi) is 8.52. The van der Waals surface area contributed by atoms with Crippen molar-refractivity contribution in [3.63, 3.8) is 0 Å². The number of nitrogens with one attached hydrogen (secondary N) is 1. The Hall–Kier alpha value is -4.19. The summed E-state index contributed by atoms with van der Waals surface area (Å²) < 4.78 is 1.77. The summed E-state index contributed by atoms with van der Waals surface area (Å²) in [5, 5.41) is 7.87. The average Bonchev–Trinajstić information content (AvgIpc) is 3.30. The molecule has 4 rings (SSSR count). The first-order valence-electron chi connectivity index (χ1n) is 12.8. The predicted octanol–water partition coefficient (Wildman–Crippen LogP) is 5.97. The first-order chi connectivity index (χ1) is 17.9. The normalized spacial score (nSPS) is 10.8. The number of carbonyl (C=O) groups is 2. The van der Waals surface area contributed by atoms with E-state index in [2.05, 4.69) is 25.2 Å². The Morgan fingerprint density at radius 3 is 2.30 bits per heavy atom. The number of benzene rings is 3. The second kappa shape index (κ2) is 12.2. The number of unbranched alkanes of at least 4 members (excludes halogenated alkanes) is 1. The van der Waals surface area contributed by atoms with Crippen LogP contribution in [0.2, 0.25) is 0 Å².